The van der Waals surface area contributed by atoms with Crippen LogP contribution < -0.4 is 4.90 Å². The van der Waals surface area contributed by atoms with Crippen LogP contribution in [-0.2, 0) is 0 Å². The summed E-state index contributed by atoms with van der Waals surface area (Å²) < 4.78 is 0.888. The van der Waals surface area contributed by atoms with Gasteiger partial charge in [-0.25, -0.2) is 9.97 Å². The highest BCUT2D eigenvalue weighted by Gasteiger charge is 2.23. The molecule has 0 amide bonds. The van der Waals surface area contributed by atoms with Gasteiger partial charge < -0.3 is 10.0 Å². The molecule has 1 atom stereocenters. The average Bonchev–Trinajstić information content (AvgIpc) is 2.67. The number of hydrogen-bond acceptors (Lipinski definition) is 4. The molecule has 76 valence electrons. The molecule has 1 saturated heterocycles. The fourth-order valence-corrected chi connectivity index (χ4v) is 1.84. The van der Waals surface area contributed by atoms with E-state index < -0.39 is 0 Å². The number of anilines is 1. The molecule has 1 N–H and O–H groups in total. The molecule has 1 fully saturated rings. The molecule has 0 aromatic carbocycles. The Bertz CT molecular complexity index is 303. The van der Waals surface area contributed by atoms with Crippen LogP contribution in [0.3, 0.4) is 0 Å². The Balaban J connectivity index is 2.06. The Morgan fingerprint density at radius 3 is 2.79 bits per heavy atom. The van der Waals surface area contributed by atoms with Crippen LogP contribution in [0.2, 0.25) is 0 Å². The summed E-state index contributed by atoms with van der Waals surface area (Å²) in [7, 11) is 0. The number of hydrogen-bond donors (Lipinski definition) is 1. The van der Waals surface area contributed by atoms with Crippen molar-refractivity contribution in [3.63, 3.8) is 0 Å². The molecule has 1 aliphatic rings. The second-order valence-electron chi connectivity index (χ2n) is 3.48. The number of nitrogens with zero attached hydrogens (tertiary/aromatic N) is 3. The van der Waals surface area contributed by atoms with E-state index in [1.807, 2.05) is 0 Å². The van der Waals surface area contributed by atoms with E-state index in [9.17, 15) is 0 Å². The first kappa shape index (κ1) is 9.86. The highest BCUT2D eigenvalue weighted by molar-refractivity contribution is 9.10. The molecule has 0 aliphatic carbocycles. The van der Waals surface area contributed by atoms with Gasteiger partial charge in [-0.15, -0.1) is 0 Å². The van der Waals surface area contributed by atoms with Gasteiger partial charge in [0.1, 0.15) is 0 Å². The van der Waals surface area contributed by atoms with Crippen molar-refractivity contribution in [2.75, 3.05) is 24.6 Å². The van der Waals surface area contributed by atoms with E-state index in [1.165, 1.54) is 0 Å². The summed E-state index contributed by atoms with van der Waals surface area (Å²) in [6, 6.07) is 0. The highest BCUT2D eigenvalue weighted by Crippen LogP contribution is 2.20. The third-order valence-electron chi connectivity index (χ3n) is 2.43. The van der Waals surface area contributed by atoms with E-state index in [0.717, 1.165) is 29.9 Å². The lowest BCUT2D eigenvalue weighted by Gasteiger charge is -2.15. The summed E-state index contributed by atoms with van der Waals surface area (Å²) in [6.45, 7) is 2.05. The first-order valence-electron chi connectivity index (χ1n) is 4.63. The maximum absolute atomic E-state index is 9.00. The first-order valence-corrected chi connectivity index (χ1v) is 5.42. The van der Waals surface area contributed by atoms with Gasteiger partial charge in [0.05, 0.1) is 4.47 Å². The third kappa shape index (κ3) is 2.04. The second-order valence-corrected chi connectivity index (χ2v) is 4.40. The second kappa shape index (κ2) is 4.23. The lowest BCUT2D eigenvalue weighted by atomic mass is 10.1. The Morgan fingerprint density at radius 2 is 2.21 bits per heavy atom. The maximum Gasteiger partial charge on any atom is 0.225 e. The molecule has 1 unspecified atom stereocenters. The zero-order valence-corrected chi connectivity index (χ0v) is 9.31. The standard InChI is InChI=1S/C9H12BrN3O/c10-8-3-11-9(12-4-8)13-2-1-7(5-13)6-14/h3-4,7,14H,1-2,5-6H2. The van der Waals surface area contributed by atoms with Crippen molar-refractivity contribution in [2.45, 2.75) is 6.42 Å². The Kier molecular flexibility index (Phi) is 2.98. The monoisotopic (exact) mass is 257 g/mol. The Morgan fingerprint density at radius 1 is 1.50 bits per heavy atom. The number of rotatable bonds is 2. The van der Waals surface area contributed by atoms with Gasteiger partial charge >= 0.3 is 0 Å². The number of halogens is 1. The zero-order valence-electron chi connectivity index (χ0n) is 7.73. The van der Waals surface area contributed by atoms with Crippen molar-refractivity contribution < 1.29 is 5.11 Å². The molecule has 0 spiro atoms. The van der Waals surface area contributed by atoms with E-state index in [0.29, 0.717) is 5.92 Å². The number of aromatic nitrogens is 2. The largest absolute Gasteiger partial charge is 0.396 e. The van der Waals surface area contributed by atoms with E-state index >= 15 is 0 Å². The lowest BCUT2D eigenvalue weighted by molar-refractivity contribution is 0.238. The molecule has 1 aliphatic heterocycles. The van der Waals surface area contributed by atoms with Crippen LogP contribution in [0, 0.1) is 5.92 Å². The van der Waals surface area contributed by atoms with E-state index in [-0.39, 0.29) is 6.61 Å². The third-order valence-corrected chi connectivity index (χ3v) is 2.84. The van der Waals surface area contributed by atoms with Crippen molar-refractivity contribution in [3.8, 4) is 0 Å². The van der Waals surface area contributed by atoms with E-state index in [2.05, 4.69) is 30.8 Å². The van der Waals surface area contributed by atoms with Gasteiger partial charge in [0.2, 0.25) is 5.95 Å². The van der Waals surface area contributed by atoms with Crippen LogP contribution >= 0.6 is 15.9 Å². The van der Waals surface area contributed by atoms with Crippen LogP contribution in [0.4, 0.5) is 5.95 Å². The van der Waals surface area contributed by atoms with Crippen LogP contribution in [0.5, 0.6) is 0 Å². The predicted molar refractivity (Wildman–Crippen MR) is 57.1 cm³/mol. The van der Waals surface area contributed by atoms with Crippen LogP contribution in [-0.4, -0.2) is 34.8 Å². The lowest BCUT2D eigenvalue weighted by Crippen LogP contribution is -2.22. The minimum Gasteiger partial charge on any atom is -0.396 e. The van der Waals surface area contributed by atoms with Gasteiger partial charge in [0.15, 0.2) is 0 Å². The molecule has 2 rings (SSSR count). The van der Waals surface area contributed by atoms with E-state index in [4.69, 9.17) is 5.11 Å². The topological polar surface area (TPSA) is 49.2 Å². The average molecular weight is 258 g/mol. The first-order chi connectivity index (χ1) is 6.79. The molecule has 0 saturated carbocycles. The van der Waals surface area contributed by atoms with Crippen LogP contribution in [0.1, 0.15) is 6.42 Å². The summed E-state index contributed by atoms with van der Waals surface area (Å²) >= 11 is 3.30. The van der Waals surface area contributed by atoms with Gasteiger partial charge in [0, 0.05) is 38.0 Å². The molecule has 14 heavy (non-hydrogen) atoms. The summed E-state index contributed by atoms with van der Waals surface area (Å²) in [5.74, 6) is 1.13. The molecule has 0 bridgehead atoms. The van der Waals surface area contributed by atoms with Gasteiger partial charge in [0.25, 0.3) is 0 Å². The summed E-state index contributed by atoms with van der Waals surface area (Å²) in [4.78, 5) is 10.5. The van der Waals surface area contributed by atoms with Gasteiger partial charge in [-0.1, -0.05) is 0 Å². The molecule has 1 aromatic heterocycles. The molecule has 4 nitrogen and oxygen atoms in total. The van der Waals surface area contributed by atoms with Crippen LogP contribution in [0.25, 0.3) is 0 Å². The fraction of sp³-hybridized carbons (Fsp3) is 0.556. The fourth-order valence-electron chi connectivity index (χ4n) is 1.63. The minimum absolute atomic E-state index is 0.257. The summed E-state index contributed by atoms with van der Waals surface area (Å²) in [6.07, 6.45) is 4.51. The molecular weight excluding hydrogens is 246 g/mol. The number of aliphatic hydroxyl groups is 1. The predicted octanol–water partition coefficient (Wildman–Crippen LogP) is 1.06. The molecule has 5 heteroatoms. The van der Waals surface area contributed by atoms with Crippen LogP contribution in [0.15, 0.2) is 16.9 Å². The SMILES string of the molecule is OCC1CCN(c2ncc(Br)cn2)C1. The van der Waals surface area contributed by atoms with Crippen molar-refractivity contribution in [3.05, 3.63) is 16.9 Å². The Labute approximate surface area is 91.1 Å². The number of aliphatic hydroxyl groups excluding tert-OH is 1. The van der Waals surface area contributed by atoms with Gasteiger partial charge in [-0.3, -0.25) is 0 Å². The molecule has 2 heterocycles. The molecule has 1 aromatic rings. The normalized spacial score (nSPS) is 21.6. The highest BCUT2D eigenvalue weighted by atomic mass is 79.9. The van der Waals surface area contributed by atoms with Crippen molar-refractivity contribution in [1.82, 2.24) is 9.97 Å². The summed E-state index contributed by atoms with van der Waals surface area (Å²) in [5, 5.41) is 9.00. The van der Waals surface area contributed by atoms with Crippen molar-refractivity contribution in [1.29, 1.82) is 0 Å². The van der Waals surface area contributed by atoms with Gasteiger partial charge in [-0.2, -0.15) is 0 Å². The van der Waals surface area contributed by atoms with E-state index in [1.54, 1.807) is 12.4 Å². The Hall–Kier alpha value is -0.680. The van der Waals surface area contributed by atoms with Gasteiger partial charge in [-0.05, 0) is 22.4 Å². The van der Waals surface area contributed by atoms with Crippen molar-refractivity contribution in [2.24, 2.45) is 5.92 Å². The minimum atomic E-state index is 0.257. The molecular formula is C9H12BrN3O. The maximum atomic E-state index is 9.00. The molecule has 0 radical (unpaired) electrons. The summed E-state index contributed by atoms with van der Waals surface area (Å²) in [5.41, 5.74) is 0. The van der Waals surface area contributed by atoms with Crippen molar-refractivity contribution >= 4 is 21.9 Å². The smallest absolute Gasteiger partial charge is 0.225 e. The zero-order chi connectivity index (χ0) is 9.97. The quantitative estimate of drug-likeness (QED) is 0.861.